The predicted molar refractivity (Wildman–Crippen MR) is 87.5 cm³/mol. The van der Waals surface area contributed by atoms with Gasteiger partial charge in [0, 0.05) is 20.1 Å². The lowest BCUT2D eigenvalue weighted by Crippen LogP contribution is -2.42. The Morgan fingerprint density at radius 3 is 2.95 bits per heavy atom. The topological polar surface area (TPSA) is 26.3 Å². The second-order valence-electron chi connectivity index (χ2n) is 8.24. The molecule has 0 spiro atoms. The number of rotatable bonds is 2. The molecular formula is C20H28O2. The highest BCUT2D eigenvalue weighted by molar-refractivity contribution is 5.93. The highest BCUT2D eigenvalue weighted by atomic mass is 16.5. The average molecular weight is 300 g/mol. The summed E-state index contributed by atoms with van der Waals surface area (Å²) in [4.78, 5) is 11.8. The molecule has 0 bridgehead atoms. The predicted octanol–water partition coefficient (Wildman–Crippen LogP) is 4.46. The van der Waals surface area contributed by atoms with Gasteiger partial charge in [0.15, 0.2) is 5.78 Å². The lowest BCUT2D eigenvalue weighted by Gasteiger charge is -2.50. The van der Waals surface area contributed by atoms with Crippen LogP contribution in [0.3, 0.4) is 0 Å². The molecule has 0 saturated heterocycles. The molecule has 2 heteroatoms. The number of carbonyl (C=O) groups is 1. The van der Waals surface area contributed by atoms with Crippen LogP contribution in [0.1, 0.15) is 58.3 Å². The molecule has 2 saturated carbocycles. The smallest absolute Gasteiger partial charge is 0.156 e. The third kappa shape index (κ3) is 2.14. The molecule has 0 amide bonds. The van der Waals surface area contributed by atoms with Gasteiger partial charge in [-0.15, -0.1) is 0 Å². The van der Waals surface area contributed by atoms with Gasteiger partial charge in [-0.3, -0.25) is 4.79 Å². The summed E-state index contributed by atoms with van der Waals surface area (Å²) in [7, 11) is 1.83. The SMILES string of the molecule is COC[C@@H]1CC2=CC(=O)CCC2=C2CC[C@]3(C)CCC[C@H]3[C@@H]21. The Kier molecular flexibility index (Phi) is 3.56. The number of ether oxygens (including phenoxy) is 1. The molecule has 0 heterocycles. The van der Waals surface area contributed by atoms with E-state index in [0.29, 0.717) is 17.1 Å². The van der Waals surface area contributed by atoms with E-state index in [-0.39, 0.29) is 0 Å². The van der Waals surface area contributed by atoms with Crippen molar-refractivity contribution in [1.29, 1.82) is 0 Å². The number of methoxy groups -OCH3 is 1. The number of ketones is 1. The Hall–Kier alpha value is -0.890. The van der Waals surface area contributed by atoms with Gasteiger partial charge in [0.2, 0.25) is 0 Å². The maximum absolute atomic E-state index is 11.8. The van der Waals surface area contributed by atoms with Crippen molar-refractivity contribution in [3.8, 4) is 0 Å². The summed E-state index contributed by atoms with van der Waals surface area (Å²) < 4.78 is 5.58. The molecule has 4 rings (SSSR count). The maximum atomic E-state index is 11.8. The van der Waals surface area contributed by atoms with Crippen molar-refractivity contribution in [2.45, 2.75) is 58.3 Å². The third-order valence-corrected chi connectivity index (χ3v) is 7.06. The normalized spacial score (nSPS) is 40.9. The van der Waals surface area contributed by atoms with E-state index < -0.39 is 0 Å². The van der Waals surface area contributed by atoms with E-state index in [0.717, 1.165) is 37.7 Å². The summed E-state index contributed by atoms with van der Waals surface area (Å²) in [6.07, 6.45) is 11.6. The molecule has 22 heavy (non-hydrogen) atoms. The van der Waals surface area contributed by atoms with E-state index in [2.05, 4.69) is 6.92 Å². The van der Waals surface area contributed by atoms with Crippen molar-refractivity contribution in [3.63, 3.8) is 0 Å². The highest BCUT2D eigenvalue weighted by Gasteiger charge is 2.51. The Bertz CT molecular complexity index is 556. The zero-order chi connectivity index (χ0) is 15.3. The van der Waals surface area contributed by atoms with Crippen molar-refractivity contribution in [2.24, 2.45) is 23.2 Å². The van der Waals surface area contributed by atoms with Crippen LogP contribution in [-0.2, 0) is 9.53 Å². The van der Waals surface area contributed by atoms with E-state index in [9.17, 15) is 4.79 Å². The Morgan fingerprint density at radius 2 is 2.14 bits per heavy atom. The van der Waals surface area contributed by atoms with Gasteiger partial charge < -0.3 is 4.74 Å². The molecule has 2 fully saturated rings. The minimum atomic E-state index is 0.329. The zero-order valence-electron chi connectivity index (χ0n) is 14.0. The van der Waals surface area contributed by atoms with Gasteiger partial charge in [-0.2, -0.15) is 0 Å². The lowest BCUT2D eigenvalue weighted by molar-refractivity contribution is -0.114. The fraction of sp³-hybridized carbons (Fsp3) is 0.750. The fourth-order valence-electron chi connectivity index (χ4n) is 6.08. The van der Waals surface area contributed by atoms with E-state index >= 15 is 0 Å². The first-order valence-electron chi connectivity index (χ1n) is 9.07. The quantitative estimate of drug-likeness (QED) is 0.753. The first kappa shape index (κ1) is 14.7. The first-order valence-corrected chi connectivity index (χ1v) is 9.07. The van der Waals surface area contributed by atoms with Crippen LogP contribution in [0.5, 0.6) is 0 Å². The number of hydrogen-bond donors (Lipinski definition) is 0. The molecule has 0 unspecified atom stereocenters. The van der Waals surface area contributed by atoms with Crippen molar-refractivity contribution in [1.82, 2.24) is 0 Å². The zero-order valence-corrected chi connectivity index (χ0v) is 14.0. The molecule has 2 nitrogen and oxygen atoms in total. The summed E-state index contributed by atoms with van der Waals surface area (Å²) >= 11 is 0. The van der Waals surface area contributed by atoms with Crippen LogP contribution in [-0.4, -0.2) is 19.5 Å². The largest absolute Gasteiger partial charge is 0.384 e. The van der Waals surface area contributed by atoms with Crippen LogP contribution in [0.4, 0.5) is 0 Å². The van der Waals surface area contributed by atoms with E-state index in [1.165, 1.54) is 37.7 Å². The third-order valence-electron chi connectivity index (χ3n) is 7.06. The van der Waals surface area contributed by atoms with Gasteiger partial charge in [0.05, 0.1) is 0 Å². The van der Waals surface area contributed by atoms with E-state index in [1.807, 2.05) is 13.2 Å². The second kappa shape index (κ2) is 5.33. The van der Waals surface area contributed by atoms with Gasteiger partial charge in [-0.05, 0) is 78.9 Å². The van der Waals surface area contributed by atoms with Crippen LogP contribution in [0, 0.1) is 23.2 Å². The van der Waals surface area contributed by atoms with Gasteiger partial charge in [0.1, 0.15) is 0 Å². The molecule has 4 aliphatic rings. The Labute approximate surface area is 134 Å². The molecule has 0 aromatic rings. The summed E-state index contributed by atoms with van der Waals surface area (Å²) in [6.45, 7) is 3.38. The van der Waals surface area contributed by atoms with Gasteiger partial charge in [0.25, 0.3) is 0 Å². The highest BCUT2D eigenvalue weighted by Crippen LogP contribution is 2.61. The van der Waals surface area contributed by atoms with Crippen molar-refractivity contribution in [3.05, 3.63) is 22.8 Å². The second-order valence-corrected chi connectivity index (χ2v) is 8.24. The molecule has 0 aromatic heterocycles. The Morgan fingerprint density at radius 1 is 1.27 bits per heavy atom. The molecule has 4 atom stereocenters. The number of carbonyl (C=O) groups excluding carboxylic acids is 1. The summed E-state index contributed by atoms with van der Waals surface area (Å²) in [6, 6.07) is 0. The monoisotopic (exact) mass is 300 g/mol. The van der Waals surface area contributed by atoms with Crippen molar-refractivity contribution >= 4 is 5.78 Å². The number of hydrogen-bond acceptors (Lipinski definition) is 2. The van der Waals surface area contributed by atoms with Crippen LogP contribution < -0.4 is 0 Å². The molecule has 0 radical (unpaired) electrons. The standard InChI is InChI=1S/C20H28O2/c1-20-8-3-4-18(20)19-14(12-22-2)10-13-11-15(21)5-6-16(13)17(19)7-9-20/h11,14,18-19H,3-10,12H2,1-2H3/t14-,18-,19+,20-/m0/s1. The molecular weight excluding hydrogens is 272 g/mol. The van der Waals surface area contributed by atoms with Gasteiger partial charge in [-0.1, -0.05) is 18.9 Å². The Balaban J connectivity index is 1.78. The van der Waals surface area contributed by atoms with Crippen molar-refractivity contribution in [2.75, 3.05) is 13.7 Å². The van der Waals surface area contributed by atoms with Crippen LogP contribution in [0.2, 0.25) is 0 Å². The summed E-state index contributed by atoms with van der Waals surface area (Å²) in [5.41, 5.74) is 5.21. The maximum Gasteiger partial charge on any atom is 0.156 e. The molecule has 120 valence electrons. The van der Waals surface area contributed by atoms with E-state index in [4.69, 9.17) is 4.74 Å². The average Bonchev–Trinajstić information content (AvgIpc) is 2.88. The van der Waals surface area contributed by atoms with Crippen LogP contribution >= 0.6 is 0 Å². The number of fused-ring (bicyclic) bond motifs is 4. The fourth-order valence-corrected chi connectivity index (χ4v) is 6.08. The summed E-state index contributed by atoms with van der Waals surface area (Å²) in [5, 5.41) is 0. The molecule has 0 aliphatic heterocycles. The lowest BCUT2D eigenvalue weighted by atomic mass is 9.55. The first-order chi connectivity index (χ1) is 10.6. The minimum Gasteiger partial charge on any atom is -0.384 e. The van der Waals surface area contributed by atoms with Gasteiger partial charge in [-0.25, -0.2) is 0 Å². The van der Waals surface area contributed by atoms with Crippen LogP contribution in [0.25, 0.3) is 0 Å². The van der Waals surface area contributed by atoms with E-state index in [1.54, 1.807) is 11.1 Å². The molecule has 0 aromatic carbocycles. The molecule has 4 aliphatic carbocycles. The van der Waals surface area contributed by atoms with Crippen LogP contribution in [0.15, 0.2) is 22.8 Å². The molecule has 0 N–H and O–H groups in total. The number of allylic oxidation sites excluding steroid dienone is 4. The minimum absolute atomic E-state index is 0.329. The summed E-state index contributed by atoms with van der Waals surface area (Å²) in [5.74, 6) is 2.49. The van der Waals surface area contributed by atoms with Gasteiger partial charge >= 0.3 is 0 Å². The van der Waals surface area contributed by atoms with Crippen molar-refractivity contribution < 1.29 is 9.53 Å².